The molecule has 1 aliphatic rings. The summed E-state index contributed by atoms with van der Waals surface area (Å²) in [6, 6.07) is 33.0. The predicted molar refractivity (Wildman–Crippen MR) is 108 cm³/mol. The lowest BCUT2D eigenvalue weighted by Crippen LogP contribution is -2.41. The molecule has 2 heteroatoms. The van der Waals surface area contributed by atoms with E-state index in [2.05, 4.69) is 103 Å². The summed E-state index contributed by atoms with van der Waals surface area (Å²) >= 11 is 2.06. The molecule has 2 N–H and O–H groups in total. The van der Waals surface area contributed by atoms with E-state index in [1.54, 1.807) is 0 Å². The Balaban J connectivity index is 1.91. The maximum Gasteiger partial charge on any atom is 0.0909 e. The van der Waals surface area contributed by atoms with Crippen molar-refractivity contribution in [2.24, 2.45) is 5.73 Å². The fourth-order valence-electron chi connectivity index (χ4n) is 3.68. The first-order valence-corrected chi connectivity index (χ1v) is 9.77. The molecule has 1 nitrogen and oxygen atoms in total. The van der Waals surface area contributed by atoms with Crippen LogP contribution in [0.2, 0.25) is 0 Å². The number of hydrogen-bond acceptors (Lipinski definition) is 2. The first kappa shape index (κ1) is 16.4. The Morgan fingerprint density at radius 2 is 1.00 bits per heavy atom. The summed E-state index contributed by atoms with van der Waals surface area (Å²) in [5, 5.41) is 0.593. The molecule has 0 saturated heterocycles. The van der Waals surface area contributed by atoms with Crippen molar-refractivity contribution in [3.8, 4) is 0 Å². The van der Waals surface area contributed by atoms with Crippen LogP contribution in [0.5, 0.6) is 0 Å². The van der Waals surface area contributed by atoms with Gasteiger partial charge in [-0.3, -0.25) is 0 Å². The molecule has 0 unspecified atom stereocenters. The Hall–Kier alpha value is -2.03. The van der Waals surface area contributed by atoms with Crippen LogP contribution in [0, 0.1) is 0 Å². The largest absolute Gasteiger partial charge is 0.328 e. The number of benzene rings is 3. The molecule has 4 rings (SSSR count). The van der Waals surface area contributed by atoms with Crippen LogP contribution in [0.25, 0.3) is 0 Å². The van der Waals surface area contributed by atoms with Crippen LogP contribution in [0.4, 0.5) is 0 Å². The van der Waals surface area contributed by atoms with Crippen molar-refractivity contribution in [1.29, 1.82) is 0 Å². The molecule has 0 amide bonds. The van der Waals surface area contributed by atoms with E-state index in [1.807, 2.05) is 0 Å². The van der Waals surface area contributed by atoms with Crippen LogP contribution < -0.4 is 5.73 Å². The minimum atomic E-state index is -0.200. The van der Waals surface area contributed by atoms with Gasteiger partial charge in [-0.1, -0.05) is 91.0 Å². The highest BCUT2D eigenvalue weighted by Crippen LogP contribution is 2.53. The third kappa shape index (κ3) is 3.12. The van der Waals surface area contributed by atoms with Crippen molar-refractivity contribution in [2.75, 3.05) is 0 Å². The molecule has 3 aromatic rings. The molecule has 1 fully saturated rings. The van der Waals surface area contributed by atoms with Gasteiger partial charge < -0.3 is 5.73 Å². The van der Waals surface area contributed by atoms with E-state index in [4.69, 9.17) is 5.73 Å². The van der Waals surface area contributed by atoms with Crippen molar-refractivity contribution >= 4 is 11.8 Å². The van der Waals surface area contributed by atoms with Gasteiger partial charge in [0.25, 0.3) is 0 Å². The van der Waals surface area contributed by atoms with Crippen LogP contribution >= 0.6 is 11.8 Å². The summed E-state index contributed by atoms with van der Waals surface area (Å²) in [5.74, 6) is 0. The lowest BCUT2D eigenvalue weighted by Gasteiger charge is -2.42. The maximum absolute atomic E-state index is 6.09. The summed E-state index contributed by atoms with van der Waals surface area (Å²) in [6.45, 7) is 0. The second kappa shape index (κ2) is 7.07. The molecule has 126 valence electrons. The van der Waals surface area contributed by atoms with Crippen molar-refractivity contribution in [3.63, 3.8) is 0 Å². The molecule has 25 heavy (non-hydrogen) atoms. The second-order valence-corrected chi connectivity index (χ2v) is 8.27. The Kier molecular flexibility index (Phi) is 4.65. The molecule has 0 aromatic heterocycles. The van der Waals surface area contributed by atoms with Crippen molar-refractivity contribution in [3.05, 3.63) is 108 Å². The highest BCUT2D eigenvalue weighted by molar-refractivity contribution is 8.01. The molecule has 0 aliphatic heterocycles. The fourth-order valence-corrected chi connectivity index (χ4v) is 5.68. The van der Waals surface area contributed by atoms with Crippen LogP contribution in [-0.2, 0) is 4.75 Å². The molecule has 3 aromatic carbocycles. The van der Waals surface area contributed by atoms with E-state index >= 15 is 0 Å². The van der Waals surface area contributed by atoms with Crippen molar-refractivity contribution < 1.29 is 0 Å². The summed E-state index contributed by atoms with van der Waals surface area (Å²) in [5.41, 5.74) is 10.1. The molecule has 0 heterocycles. The van der Waals surface area contributed by atoms with Gasteiger partial charge in [0, 0.05) is 11.3 Å². The standard InChI is InChI=1S/C23H23NS/c24-21-16-22(17-21)25-23(18-10-4-1-5-11-18,19-12-6-2-7-13-19)20-14-8-3-9-15-20/h1-15,21-22H,16-17,24H2. The van der Waals surface area contributed by atoms with Crippen LogP contribution in [0.15, 0.2) is 91.0 Å². The van der Waals surface area contributed by atoms with Crippen molar-refractivity contribution in [1.82, 2.24) is 0 Å². The van der Waals surface area contributed by atoms with Gasteiger partial charge in [0.05, 0.1) is 4.75 Å². The number of hydrogen-bond donors (Lipinski definition) is 1. The second-order valence-electron chi connectivity index (χ2n) is 6.75. The number of rotatable bonds is 5. The first-order chi connectivity index (χ1) is 12.3. The smallest absolute Gasteiger partial charge is 0.0909 e. The van der Waals surface area contributed by atoms with E-state index in [0.717, 1.165) is 12.8 Å². The monoisotopic (exact) mass is 345 g/mol. The molecule has 1 aliphatic carbocycles. The zero-order valence-electron chi connectivity index (χ0n) is 14.2. The van der Waals surface area contributed by atoms with E-state index in [1.165, 1.54) is 16.7 Å². The Morgan fingerprint density at radius 3 is 1.32 bits per heavy atom. The van der Waals surface area contributed by atoms with E-state index in [-0.39, 0.29) is 4.75 Å². The van der Waals surface area contributed by atoms with Gasteiger partial charge in [0.15, 0.2) is 0 Å². The lowest BCUT2D eigenvalue weighted by atomic mass is 9.84. The third-order valence-corrected chi connectivity index (χ3v) is 6.79. The predicted octanol–water partition coefficient (Wildman–Crippen LogP) is 5.20. The van der Waals surface area contributed by atoms with Gasteiger partial charge in [0.2, 0.25) is 0 Å². The number of thioether (sulfide) groups is 1. The Bertz CT molecular complexity index is 699. The third-order valence-electron chi connectivity index (χ3n) is 5.02. The average molecular weight is 346 g/mol. The lowest BCUT2D eigenvalue weighted by molar-refractivity contribution is 0.430. The average Bonchev–Trinajstić information content (AvgIpc) is 2.66. The van der Waals surface area contributed by atoms with Crippen LogP contribution in [0.3, 0.4) is 0 Å². The zero-order chi connectivity index (χ0) is 17.1. The minimum absolute atomic E-state index is 0.200. The fraction of sp³-hybridized carbons (Fsp3) is 0.217. The maximum atomic E-state index is 6.09. The van der Waals surface area contributed by atoms with E-state index in [9.17, 15) is 0 Å². The minimum Gasteiger partial charge on any atom is -0.328 e. The van der Waals surface area contributed by atoms with Gasteiger partial charge in [-0.05, 0) is 29.5 Å². The van der Waals surface area contributed by atoms with Gasteiger partial charge in [-0.2, -0.15) is 0 Å². The zero-order valence-corrected chi connectivity index (χ0v) is 15.0. The highest BCUT2D eigenvalue weighted by atomic mass is 32.2. The summed E-state index contributed by atoms with van der Waals surface area (Å²) in [6.07, 6.45) is 2.19. The van der Waals surface area contributed by atoms with Crippen molar-refractivity contribution in [2.45, 2.75) is 28.9 Å². The molecular formula is C23H23NS. The van der Waals surface area contributed by atoms with Crippen LogP contribution in [0.1, 0.15) is 29.5 Å². The summed E-state index contributed by atoms with van der Waals surface area (Å²) in [7, 11) is 0. The molecular weight excluding hydrogens is 322 g/mol. The quantitative estimate of drug-likeness (QED) is 0.643. The highest BCUT2D eigenvalue weighted by Gasteiger charge is 2.42. The van der Waals surface area contributed by atoms with E-state index < -0.39 is 0 Å². The van der Waals surface area contributed by atoms with Gasteiger partial charge in [-0.25, -0.2) is 0 Å². The molecule has 0 bridgehead atoms. The SMILES string of the molecule is NC1CC(SC(c2ccccc2)(c2ccccc2)c2ccccc2)C1. The molecule has 0 atom stereocenters. The normalized spacial score (nSPS) is 20.0. The molecule has 0 radical (unpaired) electrons. The molecule has 1 saturated carbocycles. The summed E-state index contributed by atoms with van der Waals surface area (Å²) < 4.78 is -0.200. The molecule has 0 spiro atoms. The van der Waals surface area contributed by atoms with Gasteiger partial charge in [-0.15, -0.1) is 11.8 Å². The number of nitrogens with two attached hydrogens (primary N) is 1. The van der Waals surface area contributed by atoms with E-state index in [0.29, 0.717) is 11.3 Å². The van der Waals surface area contributed by atoms with Gasteiger partial charge >= 0.3 is 0 Å². The van der Waals surface area contributed by atoms with Gasteiger partial charge in [0.1, 0.15) is 0 Å². The first-order valence-electron chi connectivity index (χ1n) is 8.89. The topological polar surface area (TPSA) is 26.0 Å². The van der Waals surface area contributed by atoms with Crippen LogP contribution in [-0.4, -0.2) is 11.3 Å². The summed E-state index contributed by atoms with van der Waals surface area (Å²) in [4.78, 5) is 0. The Labute approximate surface area is 154 Å². The Morgan fingerprint density at radius 1 is 0.640 bits per heavy atom.